The molecule has 20 heavy (non-hydrogen) atoms. The van der Waals surface area contributed by atoms with E-state index in [0.29, 0.717) is 10.4 Å². The van der Waals surface area contributed by atoms with Crippen LogP contribution >= 0.6 is 15.9 Å². The molecule has 2 aromatic rings. The van der Waals surface area contributed by atoms with Crippen molar-refractivity contribution >= 4 is 26.2 Å². The largest absolute Gasteiger partial charge is 0.472 e. The van der Waals surface area contributed by atoms with Crippen LogP contribution < -0.4 is 4.74 Å². The quantitative estimate of drug-likeness (QED) is 0.672. The molecule has 0 aliphatic heterocycles. The van der Waals surface area contributed by atoms with Gasteiger partial charge in [-0.05, 0) is 28.4 Å². The maximum Gasteiger partial charge on any atom is 0.236 e. The number of hydrogen-bond donors (Lipinski definition) is 1. The Bertz CT molecular complexity index is 632. The SMILES string of the molecule is C=C(C)c1cccc(C(=O)Br)c1COc1ccn(O)n1. The van der Waals surface area contributed by atoms with Crippen molar-refractivity contribution in [2.45, 2.75) is 13.5 Å². The first-order valence-corrected chi connectivity index (χ1v) is 6.63. The van der Waals surface area contributed by atoms with Gasteiger partial charge in [-0.15, -0.1) is 4.85 Å². The lowest BCUT2D eigenvalue weighted by Gasteiger charge is -2.13. The Kier molecular flexibility index (Phi) is 4.24. The topological polar surface area (TPSA) is 64.3 Å². The molecule has 0 fully saturated rings. The van der Waals surface area contributed by atoms with Crippen LogP contribution in [0.2, 0.25) is 0 Å². The zero-order chi connectivity index (χ0) is 14.7. The molecule has 0 amide bonds. The molecule has 0 radical (unpaired) electrons. The van der Waals surface area contributed by atoms with Crippen LogP contribution in [0.25, 0.3) is 5.57 Å². The number of carbonyl (C=O) groups excluding carboxylic acids is 1. The first-order chi connectivity index (χ1) is 9.49. The molecule has 0 aliphatic rings. The number of nitrogens with zero attached hydrogens (tertiary/aromatic N) is 2. The van der Waals surface area contributed by atoms with Crippen molar-refractivity contribution in [3.05, 3.63) is 53.7 Å². The van der Waals surface area contributed by atoms with Gasteiger partial charge in [-0.3, -0.25) is 4.79 Å². The first-order valence-electron chi connectivity index (χ1n) is 5.84. The zero-order valence-corrected chi connectivity index (χ0v) is 12.4. The van der Waals surface area contributed by atoms with Crippen molar-refractivity contribution in [2.75, 3.05) is 0 Å². The Balaban J connectivity index is 2.32. The highest BCUT2D eigenvalue weighted by molar-refractivity contribution is 9.18. The van der Waals surface area contributed by atoms with E-state index < -0.39 is 0 Å². The third kappa shape index (κ3) is 3.08. The minimum Gasteiger partial charge on any atom is -0.472 e. The van der Waals surface area contributed by atoms with Crippen LogP contribution in [0.15, 0.2) is 37.0 Å². The summed E-state index contributed by atoms with van der Waals surface area (Å²) in [5, 5.41) is 12.8. The zero-order valence-electron chi connectivity index (χ0n) is 10.8. The predicted octanol–water partition coefficient (Wildman–Crippen LogP) is 3.27. The number of rotatable bonds is 5. The molecule has 2 rings (SSSR count). The van der Waals surface area contributed by atoms with Crippen molar-refractivity contribution in [3.8, 4) is 5.88 Å². The standard InChI is InChI=1S/C14H13BrN2O3/c1-9(2)10-4-3-5-11(14(15)18)12(10)8-20-13-6-7-17(19)16-13/h3-7,19H,1,8H2,2H3. The van der Waals surface area contributed by atoms with E-state index in [9.17, 15) is 4.79 Å². The molecule has 6 heteroatoms. The van der Waals surface area contributed by atoms with E-state index in [-0.39, 0.29) is 17.2 Å². The lowest BCUT2D eigenvalue weighted by molar-refractivity contribution is 0.109. The monoisotopic (exact) mass is 336 g/mol. The van der Waals surface area contributed by atoms with Gasteiger partial charge in [-0.25, -0.2) is 0 Å². The molecular formula is C14H13BrN2O3. The molecule has 0 saturated carbocycles. The lowest BCUT2D eigenvalue weighted by atomic mass is 9.98. The molecule has 0 spiro atoms. The second-order valence-corrected chi connectivity index (χ2v) is 4.97. The summed E-state index contributed by atoms with van der Waals surface area (Å²) in [6.07, 6.45) is 1.36. The highest BCUT2D eigenvalue weighted by atomic mass is 79.9. The van der Waals surface area contributed by atoms with Crippen LogP contribution in [0.4, 0.5) is 0 Å². The fourth-order valence-corrected chi connectivity index (χ4v) is 2.22. The van der Waals surface area contributed by atoms with Gasteiger partial charge in [-0.1, -0.05) is 35.4 Å². The van der Waals surface area contributed by atoms with Gasteiger partial charge in [0.2, 0.25) is 10.6 Å². The number of aromatic nitrogens is 2. The lowest BCUT2D eigenvalue weighted by Crippen LogP contribution is -2.06. The molecule has 0 aliphatic carbocycles. The van der Waals surface area contributed by atoms with Crippen molar-refractivity contribution in [1.82, 2.24) is 9.94 Å². The number of hydrogen-bond acceptors (Lipinski definition) is 4. The summed E-state index contributed by atoms with van der Waals surface area (Å²) in [7, 11) is 0. The van der Waals surface area contributed by atoms with Crippen LogP contribution in [-0.2, 0) is 6.61 Å². The van der Waals surface area contributed by atoms with Gasteiger partial charge in [0.15, 0.2) is 0 Å². The van der Waals surface area contributed by atoms with Crippen molar-refractivity contribution < 1.29 is 14.7 Å². The molecule has 1 heterocycles. The second kappa shape index (κ2) is 5.92. The van der Waals surface area contributed by atoms with E-state index >= 15 is 0 Å². The van der Waals surface area contributed by atoms with Gasteiger partial charge in [0.1, 0.15) is 6.61 Å². The summed E-state index contributed by atoms with van der Waals surface area (Å²) in [4.78, 5) is 12.3. The highest BCUT2D eigenvalue weighted by Crippen LogP contribution is 2.24. The number of allylic oxidation sites excluding steroid dienone is 1. The number of ether oxygens (including phenoxy) is 1. The molecule has 0 bridgehead atoms. The van der Waals surface area contributed by atoms with Crippen molar-refractivity contribution in [3.63, 3.8) is 0 Å². The Morgan fingerprint density at radius 1 is 1.45 bits per heavy atom. The number of halogens is 1. The van der Waals surface area contributed by atoms with Crippen LogP contribution in [0.1, 0.15) is 28.4 Å². The van der Waals surface area contributed by atoms with E-state index in [1.807, 2.05) is 13.0 Å². The molecule has 0 saturated heterocycles. The van der Waals surface area contributed by atoms with E-state index in [0.717, 1.165) is 16.7 Å². The predicted molar refractivity (Wildman–Crippen MR) is 78.2 cm³/mol. The van der Waals surface area contributed by atoms with Crippen molar-refractivity contribution in [2.24, 2.45) is 0 Å². The molecule has 5 nitrogen and oxygen atoms in total. The molecule has 1 aromatic heterocycles. The molecular weight excluding hydrogens is 324 g/mol. The fraction of sp³-hybridized carbons (Fsp3) is 0.143. The number of carbonyl (C=O) groups is 1. The van der Waals surface area contributed by atoms with Gasteiger partial charge in [0.05, 0.1) is 6.20 Å². The summed E-state index contributed by atoms with van der Waals surface area (Å²) in [6.45, 7) is 5.93. The van der Waals surface area contributed by atoms with Crippen LogP contribution in [-0.4, -0.2) is 19.8 Å². The average Bonchev–Trinajstić information content (AvgIpc) is 2.81. The summed E-state index contributed by atoms with van der Waals surface area (Å²) >= 11 is 2.96. The summed E-state index contributed by atoms with van der Waals surface area (Å²) in [6, 6.07) is 6.92. The molecule has 0 atom stereocenters. The van der Waals surface area contributed by atoms with Crippen LogP contribution in [0, 0.1) is 0 Å². The molecule has 1 N–H and O–H groups in total. The third-order valence-electron chi connectivity index (χ3n) is 2.76. The average molecular weight is 337 g/mol. The van der Waals surface area contributed by atoms with Gasteiger partial charge < -0.3 is 9.94 Å². The minimum absolute atomic E-state index is 0.159. The normalized spacial score (nSPS) is 10.3. The summed E-state index contributed by atoms with van der Waals surface area (Å²) in [5.74, 6) is 0.275. The van der Waals surface area contributed by atoms with Gasteiger partial charge >= 0.3 is 0 Å². The van der Waals surface area contributed by atoms with Crippen LogP contribution in [0.5, 0.6) is 5.88 Å². The molecule has 0 unspecified atom stereocenters. The maximum atomic E-state index is 11.6. The first kappa shape index (κ1) is 14.3. The Labute approximate surface area is 124 Å². The van der Waals surface area contributed by atoms with Gasteiger partial charge in [0.25, 0.3) is 0 Å². The van der Waals surface area contributed by atoms with E-state index in [1.54, 1.807) is 12.1 Å². The Morgan fingerprint density at radius 2 is 2.15 bits per heavy atom. The highest BCUT2D eigenvalue weighted by Gasteiger charge is 2.14. The molecule has 1 aromatic carbocycles. The maximum absolute atomic E-state index is 11.6. The fourth-order valence-electron chi connectivity index (χ4n) is 1.85. The minimum atomic E-state index is -0.216. The van der Waals surface area contributed by atoms with E-state index in [1.165, 1.54) is 12.3 Å². The molecule has 104 valence electrons. The number of benzene rings is 1. The van der Waals surface area contributed by atoms with Crippen LogP contribution in [0.3, 0.4) is 0 Å². The third-order valence-corrected chi connectivity index (χ3v) is 3.19. The van der Waals surface area contributed by atoms with Gasteiger partial charge in [0, 0.05) is 17.2 Å². The Morgan fingerprint density at radius 3 is 2.70 bits per heavy atom. The second-order valence-electron chi connectivity index (χ2n) is 4.25. The summed E-state index contributed by atoms with van der Waals surface area (Å²) in [5.41, 5.74) is 2.95. The summed E-state index contributed by atoms with van der Waals surface area (Å²) < 4.78 is 5.27. The Hall–Kier alpha value is -2.08. The van der Waals surface area contributed by atoms with Crippen molar-refractivity contribution in [1.29, 1.82) is 0 Å². The van der Waals surface area contributed by atoms with E-state index in [4.69, 9.17) is 9.94 Å². The van der Waals surface area contributed by atoms with E-state index in [2.05, 4.69) is 27.6 Å². The van der Waals surface area contributed by atoms with Gasteiger partial charge in [-0.2, -0.15) is 0 Å². The smallest absolute Gasteiger partial charge is 0.236 e.